The molecule has 18 heavy (non-hydrogen) atoms. The van der Waals surface area contributed by atoms with Crippen molar-refractivity contribution in [3.8, 4) is 0 Å². The van der Waals surface area contributed by atoms with E-state index in [1.165, 1.54) is 25.9 Å². The Labute approximate surface area is 107 Å². The molecule has 0 saturated carbocycles. The molecule has 1 heterocycles. The number of methoxy groups -OCH3 is 1. The first-order chi connectivity index (χ1) is 8.28. The molecule has 1 aliphatic rings. The largest absolute Gasteiger partial charge is 0.467 e. The van der Waals surface area contributed by atoms with Crippen LogP contribution in [0.3, 0.4) is 0 Å². The Morgan fingerprint density at radius 2 is 2.22 bits per heavy atom. The van der Waals surface area contributed by atoms with Crippen LogP contribution in [0.2, 0.25) is 0 Å². The molecule has 0 spiro atoms. The Kier molecular flexibility index (Phi) is 4.71. The van der Waals surface area contributed by atoms with Crippen molar-refractivity contribution < 1.29 is 18.7 Å². The molecule has 2 atom stereocenters. The minimum Gasteiger partial charge on any atom is -0.467 e. The van der Waals surface area contributed by atoms with Crippen molar-refractivity contribution in [2.24, 2.45) is 5.92 Å². The number of likely N-dealkylation sites (tertiary alicyclic amines) is 1. The van der Waals surface area contributed by atoms with Crippen LogP contribution in [0, 0.1) is 5.92 Å². The van der Waals surface area contributed by atoms with Crippen LogP contribution in [-0.2, 0) is 14.3 Å². The van der Waals surface area contributed by atoms with Crippen LogP contribution < -0.4 is 0 Å². The fourth-order valence-corrected chi connectivity index (χ4v) is 2.58. The quantitative estimate of drug-likeness (QED) is 0.709. The lowest BCUT2D eigenvalue weighted by Gasteiger charge is -2.25. The predicted octanol–water partition coefficient (Wildman–Crippen LogP) is 1.92. The molecular formula is C13H22FNO3. The summed E-state index contributed by atoms with van der Waals surface area (Å²) < 4.78 is 18.3. The Hall–Kier alpha value is -1.13. The predicted molar refractivity (Wildman–Crippen MR) is 65.7 cm³/mol. The highest BCUT2D eigenvalue weighted by Gasteiger charge is 2.39. The lowest BCUT2D eigenvalue weighted by Crippen LogP contribution is -2.42. The second-order valence-electron chi connectivity index (χ2n) is 5.49. The lowest BCUT2D eigenvalue weighted by atomic mass is 9.94. The topological polar surface area (TPSA) is 46.6 Å². The number of hydrogen-bond donors (Lipinski definition) is 0. The molecule has 0 aliphatic carbocycles. The maximum atomic E-state index is 13.6. The van der Waals surface area contributed by atoms with Gasteiger partial charge in [0, 0.05) is 13.0 Å². The zero-order valence-corrected chi connectivity index (χ0v) is 11.5. The van der Waals surface area contributed by atoms with E-state index in [4.69, 9.17) is 4.74 Å². The molecule has 1 saturated heterocycles. The summed E-state index contributed by atoms with van der Waals surface area (Å²) in [7, 11) is 1.31. The van der Waals surface area contributed by atoms with Gasteiger partial charge in [-0.05, 0) is 32.6 Å². The highest BCUT2D eigenvalue weighted by atomic mass is 19.1. The van der Waals surface area contributed by atoms with Crippen LogP contribution in [0.5, 0.6) is 0 Å². The molecule has 0 bridgehead atoms. The van der Waals surface area contributed by atoms with E-state index < -0.39 is 17.7 Å². The van der Waals surface area contributed by atoms with Gasteiger partial charge < -0.3 is 9.64 Å². The number of ether oxygens (including phenoxy) is 1. The summed E-state index contributed by atoms with van der Waals surface area (Å²) in [6, 6.07) is -0.532. The van der Waals surface area contributed by atoms with Crippen molar-refractivity contribution in [2.75, 3.05) is 13.7 Å². The van der Waals surface area contributed by atoms with Gasteiger partial charge in [-0.25, -0.2) is 9.18 Å². The van der Waals surface area contributed by atoms with E-state index in [2.05, 4.69) is 0 Å². The van der Waals surface area contributed by atoms with Crippen molar-refractivity contribution in [3.63, 3.8) is 0 Å². The number of hydrogen-bond acceptors (Lipinski definition) is 3. The van der Waals surface area contributed by atoms with Crippen LogP contribution in [0.25, 0.3) is 0 Å². The first-order valence-electron chi connectivity index (χ1n) is 6.34. The maximum absolute atomic E-state index is 13.6. The average Bonchev–Trinajstić information content (AvgIpc) is 2.58. The summed E-state index contributed by atoms with van der Waals surface area (Å²) in [5.74, 6) is -0.497. The fraction of sp³-hybridized carbons (Fsp3) is 0.846. The number of carbonyl (C=O) groups excluding carboxylic acids is 2. The SMILES string of the molecule is CCC(C(=O)OC)N1CC(CC(C)(C)F)CC1=O. The van der Waals surface area contributed by atoms with E-state index in [1.807, 2.05) is 6.92 Å². The first kappa shape index (κ1) is 14.9. The highest BCUT2D eigenvalue weighted by Crippen LogP contribution is 2.30. The third-order valence-electron chi connectivity index (χ3n) is 3.25. The van der Waals surface area contributed by atoms with Crippen LogP contribution >= 0.6 is 0 Å². The molecule has 1 rings (SSSR count). The number of halogens is 1. The second kappa shape index (κ2) is 5.67. The zero-order valence-electron chi connectivity index (χ0n) is 11.5. The number of rotatable bonds is 5. The van der Waals surface area contributed by atoms with Gasteiger partial charge in [0.05, 0.1) is 7.11 Å². The van der Waals surface area contributed by atoms with Gasteiger partial charge in [0.1, 0.15) is 11.7 Å². The molecule has 1 fully saturated rings. The van der Waals surface area contributed by atoms with E-state index in [9.17, 15) is 14.0 Å². The maximum Gasteiger partial charge on any atom is 0.328 e. The molecule has 4 nitrogen and oxygen atoms in total. The first-order valence-corrected chi connectivity index (χ1v) is 6.34. The van der Waals surface area contributed by atoms with Crippen LogP contribution in [0.15, 0.2) is 0 Å². The van der Waals surface area contributed by atoms with E-state index >= 15 is 0 Å². The molecule has 5 heteroatoms. The van der Waals surface area contributed by atoms with Gasteiger partial charge in [-0.3, -0.25) is 4.79 Å². The summed E-state index contributed by atoms with van der Waals surface area (Å²) in [6.45, 7) is 5.30. The minimum absolute atomic E-state index is 0.0174. The Balaban J connectivity index is 2.69. The number of carbonyl (C=O) groups is 2. The number of nitrogens with zero attached hydrogens (tertiary/aromatic N) is 1. The molecular weight excluding hydrogens is 237 g/mol. The standard InChI is InChI=1S/C13H22FNO3/c1-5-10(12(17)18-4)15-8-9(6-11(15)16)7-13(2,3)14/h9-10H,5-8H2,1-4H3. The average molecular weight is 259 g/mol. The van der Waals surface area contributed by atoms with E-state index in [-0.39, 0.29) is 11.8 Å². The van der Waals surface area contributed by atoms with Gasteiger partial charge in [0.25, 0.3) is 0 Å². The third kappa shape index (κ3) is 3.68. The highest BCUT2D eigenvalue weighted by molar-refractivity contribution is 5.86. The van der Waals surface area contributed by atoms with Crippen molar-refractivity contribution in [2.45, 2.75) is 51.7 Å². The molecule has 2 unspecified atom stereocenters. The molecule has 0 aromatic carbocycles. The Morgan fingerprint density at radius 1 is 1.61 bits per heavy atom. The fourth-order valence-electron chi connectivity index (χ4n) is 2.58. The van der Waals surface area contributed by atoms with Crippen LogP contribution in [0.4, 0.5) is 4.39 Å². The molecule has 104 valence electrons. The summed E-state index contributed by atoms with van der Waals surface area (Å²) in [5.41, 5.74) is -1.28. The monoisotopic (exact) mass is 259 g/mol. The molecule has 0 radical (unpaired) electrons. The van der Waals surface area contributed by atoms with Crippen LogP contribution in [0.1, 0.15) is 40.0 Å². The molecule has 0 aromatic rings. The Bertz CT molecular complexity index is 325. The van der Waals surface area contributed by atoms with Crippen molar-refractivity contribution in [1.29, 1.82) is 0 Å². The van der Waals surface area contributed by atoms with Gasteiger partial charge in [-0.1, -0.05) is 6.92 Å². The molecule has 0 aromatic heterocycles. The normalized spacial score (nSPS) is 22.2. The summed E-state index contributed by atoms with van der Waals surface area (Å²) in [5, 5.41) is 0. The van der Waals surface area contributed by atoms with E-state index in [0.717, 1.165) is 0 Å². The number of esters is 1. The number of alkyl halides is 1. The molecule has 1 aliphatic heterocycles. The zero-order chi connectivity index (χ0) is 13.9. The van der Waals surface area contributed by atoms with Gasteiger partial charge in [-0.2, -0.15) is 0 Å². The van der Waals surface area contributed by atoms with Crippen LogP contribution in [-0.4, -0.2) is 42.1 Å². The lowest BCUT2D eigenvalue weighted by molar-refractivity contribution is -0.151. The second-order valence-corrected chi connectivity index (χ2v) is 5.49. The number of amides is 1. The van der Waals surface area contributed by atoms with Gasteiger partial charge >= 0.3 is 5.97 Å². The summed E-state index contributed by atoms with van der Waals surface area (Å²) in [6.07, 6.45) is 1.18. The third-order valence-corrected chi connectivity index (χ3v) is 3.25. The van der Waals surface area contributed by atoms with Crippen molar-refractivity contribution >= 4 is 11.9 Å². The van der Waals surface area contributed by atoms with Gasteiger partial charge in [0.2, 0.25) is 5.91 Å². The van der Waals surface area contributed by atoms with Crippen molar-refractivity contribution in [3.05, 3.63) is 0 Å². The van der Waals surface area contributed by atoms with Gasteiger partial charge in [0.15, 0.2) is 0 Å². The Morgan fingerprint density at radius 3 is 2.67 bits per heavy atom. The van der Waals surface area contributed by atoms with E-state index in [1.54, 1.807) is 0 Å². The van der Waals surface area contributed by atoms with E-state index in [0.29, 0.717) is 25.8 Å². The van der Waals surface area contributed by atoms with Gasteiger partial charge in [-0.15, -0.1) is 0 Å². The molecule has 0 N–H and O–H groups in total. The van der Waals surface area contributed by atoms with Crippen molar-refractivity contribution in [1.82, 2.24) is 4.90 Å². The molecule has 1 amide bonds. The summed E-state index contributed by atoms with van der Waals surface area (Å²) >= 11 is 0. The minimum atomic E-state index is -1.28. The summed E-state index contributed by atoms with van der Waals surface area (Å²) in [4.78, 5) is 25.0. The smallest absolute Gasteiger partial charge is 0.328 e.